The summed E-state index contributed by atoms with van der Waals surface area (Å²) in [4.78, 5) is 18.1. The highest BCUT2D eigenvalue weighted by molar-refractivity contribution is 5.74. The maximum absolute atomic E-state index is 10.5. The molecule has 0 fully saturated rings. The number of nitrogens with zero attached hydrogens (tertiary/aromatic N) is 2. The zero-order chi connectivity index (χ0) is 8.97. The standard InChI is InChI=1S/C7H10N4O/c8-5(3-7(9)12)6-1-2-10-4-11-6/h1-2,4-5H,3,8H2,(H2,9,12). The van der Waals surface area contributed by atoms with Crippen LogP contribution in [-0.4, -0.2) is 15.9 Å². The Morgan fingerprint density at radius 2 is 2.42 bits per heavy atom. The molecule has 0 aliphatic heterocycles. The van der Waals surface area contributed by atoms with Crippen molar-refractivity contribution in [2.45, 2.75) is 12.5 Å². The maximum atomic E-state index is 10.5. The molecule has 12 heavy (non-hydrogen) atoms. The summed E-state index contributed by atoms with van der Waals surface area (Å²) in [5.74, 6) is -0.430. The molecule has 1 amide bonds. The highest BCUT2D eigenvalue weighted by Crippen LogP contribution is 2.08. The van der Waals surface area contributed by atoms with Crippen molar-refractivity contribution in [2.75, 3.05) is 0 Å². The van der Waals surface area contributed by atoms with E-state index >= 15 is 0 Å². The van der Waals surface area contributed by atoms with Crippen molar-refractivity contribution >= 4 is 5.91 Å². The van der Waals surface area contributed by atoms with Gasteiger partial charge in [-0.25, -0.2) is 9.97 Å². The highest BCUT2D eigenvalue weighted by atomic mass is 16.1. The lowest BCUT2D eigenvalue weighted by Crippen LogP contribution is -2.21. The number of nitrogens with two attached hydrogens (primary N) is 2. The Labute approximate surface area is 69.8 Å². The lowest BCUT2D eigenvalue weighted by Gasteiger charge is -2.06. The van der Waals surface area contributed by atoms with Gasteiger partial charge >= 0.3 is 0 Å². The van der Waals surface area contributed by atoms with E-state index in [4.69, 9.17) is 11.5 Å². The van der Waals surface area contributed by atoms with Gasteiger partial charge in [0.1, 0.15) is 6.33 Å². The Hall–Kier alpha value is -1.49. The smallest absolute Gasteiger partial charge is 0.219 e. The number of amides is 1. The van der Waals surface area contributed by atoms with E-state index in [0.717, 1.165) is 0 Å². The van der Waals surface area contributed by atoms with Crippen LogP contribution in [0.4, 0.5) is 0 Å². The minimum atomic E-state index is -0.430. The number of aromatic nitrogens is 2. The average Bonchev–Trinajstić information content (AvgIpc) is 2.05. The SMILES string of the molecule is NC(=O)CC(N)c1ccncn1. The summed E-state index contributed by atoms with van der Waals surface area (Å²) in [5, 5.41) is 0. The summed E-state index contributed by atoms with van der Waals surface area (Å²) in [6.07, 6.45) is 3.07. The van der Waals surface area contributed by atoms with E-state index in [0.29, 0.717) is 5.69 Å². The Balaban J connectivity index is 2.65. The van der Waals surface area contributed by atoms with E-state index in [9.17, 15) is 4.79 Å². The summed E-state index contributed by atoms with van der Waals surface area (Å²) in [6.45, 7) is 0. The van der Waals surface area contributed by atoms with Crippen LogP contribution in [0.3, 0.4) is 0 Å². The molecule has 0 aliphatic carbocycles. The van der Waals surface area contributed by atoms with Crippen molar-refractivity contribution in [3.8, 4) is 0 Å². The molecular formula is C7H10N4O. The number of hydrogen-bond acceptors (Lipinski definition) is 4. The van der Waals surface area contributed by atoms with Gasteiger partial charge in [-0.3, -0.25) is 4.79 Å². The normalized spacial score (nSPS) is 12.4. The number of hydrogen-bond donors (Lipinski definition) is 2. The van der Waals surface area contributed by atoms with Crippen LogP contribution in [-0.2, 0) is 4.79 Å². The maximum Gasteiger partial charge on any atom is 0.219 e. The molecule has 1 aromatic rings. The zero-order valence-corrected chi connectivity index (χ0v) is 6.47. The number of primary amides is 1. The van der Waals surface area contributed by atoms with E-state index in [1.54, 1.807) is 12.3 Å². The summed E-state index contributed by atoms with van der Waals surface area (Å²) in [7, 11) is 0. The van der Waals surface area contributed by atoms with Crippen molar-refractivity contribution in [3.63, 3.8) is 0 Å². The Bertz CT molecular complexity index is 261. The minimum Gasteiger partial charge on any atom is -0.370 e. The molecule has 0 radical (unpaired) electrons. The highest BCUT2D eigenvalue weighted by Gasteiger charge is 2.09. The molecule has 4 N–H and O–H groups in total. The van der Waals surface area contributed by atoms with Gasteiger partial charge in [0, 0.05) is 12.6 Å². The molecular weight excluding hydrogens is 156 g/mol. The van der Waals surface area contributed by atoms with Crippen LogP contribution in [0, 0.1) is 0 Å². The average molecular weight is 166 g/mol. The van der Waals surface area contributed by atoms with Gasteiger partial charge in [-0.15, -0.1) is 0 Å². The molecule has 0 spiro atoms. The molecule has 1 unspecified atom stereocenters. The first-order chi connectivity index (χ1) is 5.70. The molecule has 1 rings (SSSR count). The molecule has 0 aliphatic rings. The number of carbonyl (C=O) groups excluding carboxylic acids is 1. The Kier molecular flexibility index (Phi) is 2.71. The predicted octanol–water partition coefficient (Wildman–Crippen LogP) is -0.648. The van der Waals surface area contributed by atoms with Gasteiger partial charge in [0.2, 0.25) is 5.91 Å². The summed E-state index contributed by atoms with van der Waals surface area (Å²) in [5.41, 5.74) is 11.2. The first-order valence-corrected chi connectivity index (χ1v) is 3.50. The molecule has 1 aromatic heterocycles. The molecule has 0 saturated carbocycles. The lowest BCUT2D eigenvalue weighted by molar-refractivity contribution is -0.118. The summed E-state index contributed by atoms with van der Waals surface area (Å²) < 4.78 is 0. The van der Waals surface area contributed by atoms with Gasteiger partial charge < -0.3 is 11.5 Å². The van der Waals surface area contributed by atoms with Crippen molar-refractivity contribution in [2.24, 2.45) is 11.5 Å². The third-order valence-electron chi connectivity index (χ3n) is 1.41. The van der Waals surface area contributed by atoms with Crippen LogP contribution in [0.2, 0.25) is 0 Å². The first-order valence-electron chi connectivity index (χ1n) is 3.50. The third-order valence-corrected chi connectivity index (χ3v) is 1.41. The van der Waals surface area contributed by atoms with Crippen LogP contribution < -0.4 is 11.5 Å². The minimum absolute atomic E-state index is 0.108. The first kappa shape index (κ1) is 8.61. The molecule has 0 bridgehead atoms. The second-order valence-corrected chi connectivity index (χ2v) is 2.41. The molecule has 5 nitrogen and oxygen atoms in total. The summed E-state index contributed by atoms with van der Waals surface area (Å²) >= 11 is 0. The Morgan fingerprint density at radius 1 is 1.67 bits per heavy atom. The quantitative estimate of drug-likeness (QED) is 0.623. The lowest BCUT2D eigenvalue weighted by atomic mass is 10.1. The largest absolute Gasteiger partial charge is 0.370 e. The van der Waals surface area contributed by atoms with E-state index in [-0.39, 0.29) is 6.42 Å². The van der Waals surface area contributed by atoms with Crippen LogP contribution in [0.1, 0.15) is 18.2 Å². The van der Waals surface area contributed by atoms with Crippen molar-refractivity contribution in [1.29, 1.82) is 0 Å². The molecule has 1 heterocycles. The molecule has 1 atom stereocenters. The monoisotopic (exact) mass is 166 g/mol. The molecule has 5 heteroatoms. The van der Waals surface area contributed by atoms with Crippen LogP contribution in [0.5, 0.6) is 0 Å². The van der Waals surface area contributed by atoms with Gasteiger partial charge in [-0.1, -0.05) is 0 Å². The van der Waals surface area contributed by atoms with Gasteiger partial charge in [0.05, 0.1) is 11.7 Å². The molecule has 64 valence electrons. The van der Waals surface area contributed by atoms with Crippen molar-refractivity contribution in [1.82, 2.24) is 9.97 Å². The van der Waals surface area contributed by atoms with E-state index in [1.807, 2.05) is 0 Å². The fourth-order valence-electron chi connectivity index (χ4n) is 0.842. The van der Waals surface area contributed by atoms with E-state index in [2.05, 4.69) is 9.97 Å². The zero-order valence-electron chi connectivity index (χ0n) is 6.47. The fraction of sp³-hybridized carbons (Fsp3) is 0.286. The van der Waals surface area contributed by atoms with Gasteiger partial charge in [0.25, 0.3) is 0 Å². The van der Waals surface area contributed by atoms with Gasteiger partial charge in [-0.05, 0) is 6.07 Å². The van der Waals surface area contributed by atoms with Crippen LogP contribution in [0.25, 0.3) is 0 Å². The Morgan fingerprint density at radius 3 is 2.92 bits per heavy atom. The summed E-state index contributed by atoms with van der Waals surface area (Å²) in [6, 6.07) is 1.23. The van der Waals surface area contributed by atoms with Crippen LogP contribution >= 0.6 is 0 Å². The fourth-order valence-corrected chi connectivity index (χ4v) is 0.842. The second-order valence-electron chi connectivity index (χ2n) is 2.41. The van der Waals surface area contributed by atoms with Crippen molar-refractivity contribution < 1.29 is 4.79 Å². The van der Waals surface area contributed by atoms with Gasteiger partial charge in [-0.2, -0.15) is 0 Å². The van der Waals surface area contributed by atoms with Crippen LogP contribution in [0.15, 0.2) is 18.6 Å². The third kappa shape index (κ3) is 2.28. The van der Waals surface area contributed by atoms with E-state index < -0.39 is 11.9 Å². The molecule has 0 aromatic carbocycles. The van der Waals surface area contributed by atoms with Crippen molar-refractivity contribution in [3.05, 3.63) is 24.3 Å². The molecule has 0 saturated heterocycles. The number of carbonyl (C=O) groups is 1. The topological polar surface area (TPSA) is 94.9 Å². The number of rotatable bonds is 3. The van der Waals surface area contributed by atoms with Gasteiger partial charge in [0.15, 0.2) is 0 Å². The van der Waals surface area contributed by atoms with E-state index in [1.165, 1.54) is 6.33 Å². The second kappa shape index (κ2) is 3.77. The predicted molar refractivity (Wildman–Crippen MR) is 42.8 cm³/mol.